The van der Waals surface area contributed by atoms with Crippen molar-refractivity contribution in [3.8, 4) is 0 Å². The van der Waals surface area contributed by atoms with Crippen molar-refractivity contribution in [3.63, 3.8) is 0 Å². The summed E-state index contributed by atoms with van der Waals surface area (Å²) >= 11 is 1.53. The van der Waals surface area contributed by atoms with Crippen molar-refractivity contribution >= 4 is 17.9 Å². The van der Waals surface area contributed by atoms with Crippen molar-refractivity contribution in [3.05, 3.63) is 11.5 Å². The van der Waals surface area contributed by atoms with Gasteiger partial charge in [-0.25, -0.2) is 9.79 Å². The fraction of sp³-hybridized carbons (Fsp3) is 0.700. The molecular weight excluding hydrogens is 212 g/mol. The van der Waals surface area contributed by atoms with E-state index in [1.54, 1.807) is 5.48 Å². The van der Waals surface area contributed by atoms with E-state index in [1.807, 2.05) is 15.8 Å². The van der Waals surface area contributed by atoms with Gasteiger partial charge < -0.3 is 0 Å². The van der Waals surface area contributed by atoms with Crippen molar-refractivity contribution in [2.45, 2.75) is 38.6 Å². The molecule has 15 heavy (non-hydrogen) atoms. The zero-order valence-corrected chi connectivity index (χ0v) is 9.80. The van der Waals surface area contributed by atoms with E-state index in [-0.39, 0.29) is 11.9 Å². The number of nitrogens with zero attached hydrogens (tertiary/aromatic N) is 1. The Morgan fingerprint density at radius 2 is 2.47 bits per heavy atom. The molecule has 0 spiro atoms. The minimum absolute atomic E-state index is 0.221. The van der Waals surface area contributed by atoms with E-state index in [0.717, 1.165) is 32.2 Å². The summed E-state index contributed by atoms with van der Waals surface area (Å²) in [6, 6.07) is -0.221. The number of amides is 1. The lowest BCUT2D eigenvalue weighted by Gasteiger charge is -2.23. The molecule has 86 valence electrons. The SMILES string of the molecule is CCCCCC(C(=O)NO)N1CC=CS1. The van der Waals surface area contributed by atoms with E-state index in [2.05, 4.69) is 6.92 Å². The van der Waals surface area contributed by atoms with Crippen LogP contribution in [-0.4, -0.2) is 28.0 Å². The van der Waals surface area contributed by atoms with E-state index in [9.17, 15) is 4.79 Å². The molecule has 1 heterocycles. The summed E-state index contributed by atoms with van der Waals surface area (Å²) in [6.45, 7) is 2.90. The molecule has 1 unspecified atom stereocenters. The van der Waals surface area contributed by atoms with Crippen LogP contribution in [0.2, 0.25) is 0 Å². The molecule has 1 atom stereocenters. The Bertz CT molecular complexity index is 225. The summed E-state index contributed by atoms with van der Waals surface area (Å²) in [6.07, 6.45) is 6.10. The Kier molecular flexibility index (Phi) is 5.75. The molecule has 1 aliphatic rings. The van der Waals surface area contributed by atoms with Crippen molar-refractivity contribution in [2.24, 2.45) is 0 Å². The highest BCUT2D eigenvalue weighted by Gasteiger charge is 2.26. The van der Waals surface area contributed by atoms with Gasteiger partial charge in [0, 0.05) is 6.54 Å². The normalized spacial score (nSPS) is 18.0. The molecule has 0 aliphatic carbocycles. The molecule has 5 heteroatoms. The number of rotatable bonds is 6. The number of carbonyl (C=O) groups excluding carboxylic acids is 1. The lowest BCUT2D eigenvalue weighted by atomic mass is 10.1. The second-order valence-electron chi connectivity index (χ2n) is 3.56. The molecule has 0 bridgehead atoms. The van der Waals surface area contributed by atoms with E-state index in [0.29, 0.717) is 0 Å². The van der Waals surface area contributed by atoms with E-state index in [4.69, 9.17) is 5.21 Å². The first-order chi connectivity index (χ1) is 7.29. The summed E-state index contributed by atoms with van der Waals surface area (Å²) in [4.78, 5) is 11.4. The summed E-state index contributed by atoms with van der Waals surface area (Å²) in [7, 11) is 0. The Hall–Kier alpha value is -0.520. The molecular formula is C10H18N2O2S. The first-order valence-corrected chi connectivity index (χ1v) is 6.15. The standard InChI is InChI=1S/C10H18N2O2S/c1-2-3-4-6-9(10(13)11-14)12-7-5-8-15-12/h5,8-9,14H,2-4,6-7H2,1H3,(H,11,13). The molecule has 0 saturated heterocycles. The second-order valence-corrected chi connectivity index (χ2v) is 4.52. The lowest BCUT2D eigenvalue weighted by molar-refractivity contribution is -0.133. The van der Waals surface area contributed by atoms with Gasteiger partial charge in [0.1, 0.15) is 6.04 Å². The van der Waals surface area contributed by atoms with Crippen LogP contribution in [0.5, 0.6) is 0 Å². The van der Waals surface area contributed by atoms with E-state index < -0.39 is 0 Å². The van der Waals surface area contributed by atoms with Crippen LogP contribution in [0, 0.1) is 0 Å². The monoisotopic (exact) mass is 230 g/mol. The van der Waals surface area contributed by atoms with Gasteiger partial charge in [-0.15, -0.1) is 0 Å². The number of carbonyl (C=O) groups is 1. The van der Waals surface area contributed by atoms with Gasteiger partial charge in [0.2, 0.25) is 0 Å². The molecule has 0 fully saturated rings. The maximum atomic E-state index is 11.4. The average Bonchev–Trinajstić information content (AvgIpc) is 2.77. The number of hydrogen-bond acceptors (Lipinski definition) is 4. The number of nitrogens with one attached hydrogen (secondary N) is 1. The molecule has 0 aromatic carbocycles. The predicted molar refractivity (Wildman–Crippen MR) is 61.3 cm³/mol. The maximum Gasteiger partial charge on any atom is 0.261 e. The summed E-state index contributed by atoms with van der Waals surface area (Å²) in [5.41, 5.74) is 1.75. The largest absolute Gasteiger partial charge is 0.289 e. The topological polar surface area (TPSA) is 52.6 Å². The Morgan fingerprint density at radius 1 is 1.67 bits per heavy atom. The molecule has 1 aliphatic heterocycles. The Balaban J connectivity index is 2.41. The third kappa shape index (κ3) is 3.85. The fourth-order valence-electron chi connectivity index (χ4n) is 1.58. The van der Waals surface area contributed by atoms with Crippen LogP contribution >= 0.6 is 11.9 Å². The van der Waals surface area contributed by atoms with Gasteiger partial charge in [-0.1, -0.05) is 32.3 Å². The third-order valence-electron chi connectivity index (χ3n) is 2.42. The Morgan fingerprint density at radius 3 is 3.00 bits per heavy atom. The molecule has 2 N–H and O–H groups in total. The van der Waals surface area contributed by atoms with Crippen molar-refractivity contribution in [2.75, 3.05) is 6.54 Å². The van der Waals surface area contributed by atoms with Crippen LogP contribution < -0.4 is 5.48 Å². The highest BCUT2D eigenvalue weighted by Crippen LogP contribution is 2.24. The van der Waals surface area contributed by atoms with Gasteiger partial charge in [0.05, 0.1) is 0 Å². The van der Waals surface area contributed by atoms with Crippen molar-refractivity contribution < 1.29 is 10.0 Å². The third-order valence-corrected chi connectivity index (χ3v) is 3.41. The highest BCUT2D eigenvalue weighted by molar-refractivity contribution is 8.00. The van der Waals surface area contributed by atoms with Gasteiger partial charge in [-0.05, 0) is 23.8 Å². The average molecular weight is 230 g/mol. The zero-order valence-electron chi connectivity index (χ0n) is 8.98. The molecule has 1 amide bonds. The predicted octanol–water partition coefficient (Wildman–Crippen LogP) is 1.92. The molecule has 4 nitrogen and oxygen atoms in total. The van der Waals surface area contributed by atoms with Crippen LogP contribution in [0.3, 0.4) is 0 Å². The second kappa shape index (κ2) is 6.87. The molecule has 0 aromatic rings. The highest BCUT2D eigenvalue weighted by atomic mass is 32.2. The van der Waals surface area contributed by atoms with E-state index >= 15 is 0 Å². The number of hydroxylamine groups is 1. The fourth-order valence-corrected chi connectivity index (χ4v) is 2.43. The van der Waals surface area contributed by atoms with Crippen LogP contribution in [0.4, 0.5) is 0 Å². The molecule has 1 rings (SSSR count). The first kappa shape index (κ1) is 12.5. The van der Waals surface area contributed by atoms with Gasteiger partial charge in [-0.3, -0.25) is 10.0 Å². The lowest BCUT2D eigenvalue weighted by Crippen LogP contribution is -2.42. The maximum absolute atomic E-state index is 11.4. The summed E-state index contributed by atoms with van der Waals surface area (Å²) in [5, 5.41) is 10.6. The van der Waals surface area contributed by atoms with Gasteiger partial charge >= 0.3 is 0 Å². The number of unbranched alkanes of at least 4 members (excludes halogenated alkanes) is 2. The number of hydrogen-bond donors (Lipinski definition) is 2. The summed E-state index contributed by atoms with van der Waals surface area (Å²) in [5.74, 6) is -0.303. The van der Waals surface area contributed by atoms with Crippen molar-refractivity contribution in [1.29, 1.82) is 0 Å². The summed E-state index contributed by atoms with van der Waals surface area (Å²) < 4.78 is 1.99. The first-order valence-electron chi connectivity index (χ1n) is 5.32. The van der Waals surface area contributed by atoms with Gasteiger partial charge in [-0.2, -0.15) is 0 Å². The minimum Gasteiger partial charge on any atom is -0.289 e. The quantitative estimate of drug-likeness (QED) is 0.317. The molecule has 0 aromatic heterocycles. The van der Waals surface area contributed by atoms with Gasteiger partial charge in [0.15, 0.2) is 0 Å². The van der Waals surface area contributed by atoms with Gasteiger partial charge in [0.25, 0.3) is 5.91 Å². The molecule has 0 radical (unpaired) electrons. The van der Waals surface area contributed by atoms with Crippen molar-refractivity contribution in [1.82, 2.24) is 9.79 Å². The van der Waals surface area contributed by atoms with Crippen LogP contribution in [0.1, 0.15) is 32.6 Å². The van der Waals surface area contributed by atoms with E-state index in [1.165, 1.54) is 11.9 Å². The van der Waals surface area contributed by atoms with Crippen LogP contribution in [0.25, 0.3) is 0 Å². The zero-order chi connectivity index (χ0) is 11.1. The smallest absolute Gasteiger partial charge is 0.261 e. The Labute approximate surface area is 94.8 Å². The van der Waals surface area contributed by atoms with Crippen LogP contribution in [0.15, 0.2) is 11.5 Å². The minimum atomic E-state index is -0.303. The molecule has 0 saturated carbocycles. The van der Waals surface area contributed by atoms with Crippen LogP contribution in [-0.2, 0) is 4.79 Å².